The van der Waals surface area contributed by atoms with Gasteiger partial charge in [0.15, 0.2) is 6.29 Å². The maximum atomic E-state index is 9.37. The first-order valence-electron chi connectivity index (χ1n) is 4.70. The van der Waals surface area contributed by atoms with Crippen molar-refractivity contribution in [2.24, 2.45) is 5.92 Å². The molecule has 0 aliphatic heterocycles. The fraction of sp³-hybridized carbons (Fsp3) is 1.00. The average molecular weight is 174 g/mol. The van der Waals surface area contributed by atoms with Crippen LogP contribution in [0.3, 0.4) is 0 Å². The van der Waals surface area contributed by atoms with Crippen LogP contribution in [-0.4, -0.2) is 30.7 Å². The molecule has 0 aromatic rings. The smallest absolute Gasteiger partial charge is 0.162 e. The Bertz CT molecular complexity index is 121. The average Bonchev–Trinajstić information content (AvgIpc) is 2.03. The number of hydrogen-bond acceptors (Lipinski definition) is 3. The summed E-state index contributed by atoms with van der Waals surface area (Å²) in [5, 5.41) is 9.37. The lowest BCUT2D eigenvalue weighted by Gasteiger charge is -2.37. The maximum Gasteiger partial charge on any atom is 0.162 e. The minimum absolute atomic E-state index is 0.191. The van der Waals surface area contributed by atoms with Crippen LogP contribution < -0.4 is 0 Å². The van der Waals surface area contributed by atoms with Gasteiger partial charge in [-0.3, -0.25) is 0 Å². The Morgan fingerprint density at radius 2 is 1.83 bits per heavy atom. The first-order chi connectivity index (χ1) is 5.79. The molecular weight excluding hydrogens is 156 g/mol. The van der Waals surface area contributed by atoms with Gasteiger partial charge in [-0.25, -0.2) is 0 Å². The van der Waals surface area contributed by atoms with E-state index in [1.165, 1.54) is 0 Å². The quantitative estimate of drug-likeness (QED) is 0.635. The van der Waals surface area contributed by atoms with Gasteiger partial charge in [0.2, 0.25) is 0 Å². The number of aliphatic hydroxyl groups is 1. The largest absolute Gasteiger partial charge is 0.393 e. The predicted molar refractivity (Wildman–Crippen MR) is 45.8 cm³/mol. The highest BCUT2D eigenvalue weighted by Crippen LogP contribution is 2.32. The Morgan fingerprint density at radius 1 is 1.25 bits per heavy atom. The summed E-state index contributed by atoms with van der Waals surface area (Å²) in [4.78, 5) is 0. The zero-order chi connectivity index (χ0) is 8.97. The Hall–Kier alpha value is -0.120. The first kappa shape index (κ1) is 9.96. The van der Waals surface area contributed by atoms with Crippen molar-refractivity contribution in [3.8, 4) is 0 Å². The summed E-state index contributed by atoms with van der Waals surface area (Å²) in [7, 11) is 0. The number of aliphatic hydroxyl groups excluding tert-OH is 1. The lowest BCUT2D eigenvalue weighted by molar-refractivity contribution is -0.208. The van der Waals surface area contributed by atoms with Crippen LogP contribution in [0, 0.1) is 5.92 Å². The molecule has 1 N–H and O–H groups in total. The van der Waals surface area contributed by atoms with E-state index >= 15 is 0 Å². The van der Waals surface area contributed by atoms with Gasteiger partial charge in [0, 0.05) is 19.1 Å². The summed E-state index contributed by atoms with van der Waals surface area (Å²) in [5.41, 5.74) is 0. The third-order valence-electron chi connectivity index (χ3n) is 2.30. The fourth-order valence-corrected chi connectivity index (χ4v) is 1.45. The zero-order valence-corrected chi connectivity index (χ0v) is 7.82. The van der Waals surface area contributed by atoms with Gasteiger partial charge in [0.05, 0.1) is 6.10 Å². The van der Waals surface area contributed by atoms with E-state index in [4.69, 9.17) is 9.47 Å². The van der Waals surface area contributed by atoms with E-state index in [0.29, 0.717) is 13.2 Å². The van der Waals surface area contributed by atoms with Gasteiger partial charge in [-0.2, -0.15) is 0 Å². The maximum absolute atomic E-state index is 9.37. The standard InChI is InChI=1S/C9H18O3/c1-3-11-9(12-4-2)7-5-6-8(7)10/h7-10H,3-6H2,1-2H3. The van der Waals surface area contributed by atoms with E-state index in [1.807, 2.05) is 13.8 Å². The summed E-state index contributed by atoms with van der Waals surface area (Å²) < 4.78 is 10.7. The molecule has 1 fully saturated rings. The van der Waals surface area contributed by atoms with Crippen LogP contribution in [-0.2, 0) is 9.47 Å². The molecule has 0 aromatic carbocycles. The van der Waals surface area contributed by atoms with Crippen LogP contribution in [0.25, 0.3) is 0 Å². The molecule has 72 valence electrons. The van der Waals surface area contributed by atoms with Crippen LogP contribution in [0.2, 0.25) is 0 Å². The predicted octanol–water partition coefficient (Wildman–Crippen LogP) is 1.16. The molecule has 0 bridgehead atoms. The number of rotatable bonds is 5. The summed E-state index contributed by atoms with van der Waals surface area (Å²) >= 11 is 0. The topological polar surface area (TPSA) is 38.7 Å². The molecule has 1 aliphatic carbocycles. The van der Waals surface area contributed by atoms with E-state index in [2.05, 4.69) is 0 Å². The molecule has 12 heavy (non-hydrogen) atoms. The summed E-state index contributed by atoms with van der Waals surface area (Å²) in [6, 6.07) is 0. The lowest BCUT2D eigenvalue weighted by atomic mass is 9.81. The van der Waals surface area contributed by atoms with Crippen molar-refractivity contribution >= 4 is 0 Å². The molecule has 1 saturated carbocycles. The Balaban J connectivity index is 2.30. The first-order valence-corrected chi connectivity index (χ1v) is 4.70. The van der Waals surface area contributed by atoms with Crippen molar-refractivity contribution in [2.45, 2.75) is 39.1 Å². The molecule has 0 aromatic heterocycles. The van der Waals surface area contributed by atoms with Gasteiger partial charge in [0.1, 0.15) is 0 Å². The summed E-state index contributed by atoms with van der Waals surface area (Å²) in [6.45, 7) is 5.18. The second-order valence-electron chi connectivity index (χ2n) is 3.09. The molecule has 1 rings (SSSR count). The third-order valence-corrected chi connectivity index (χ3v) is 2.30. The van der Waals surface area contributed by atoms with Crippen LogP contribution in [0.1, 0.15) is 26.7 Å². The second kappa shape index (κ2) is 4.80. The second-order valence-corrected chi connectivity index (χ2v) is 3.09. The van der Waals surface area contributed by atoms with Gasteiger partial charge in [-0.1, -0.05) is 0 Å². The monoisotopic (exact) mass is 174 g/mol. The molecular formula is C9H18O3. The summed E-state index contributed by atoms with van der Waals surface area (Å²) in [6.07, 6.45) is 1.50. The molecule has 0 amide bonds. The van der Waals surface area contributed by atoms with Gasteiger partial charge < -0.3 is 14.6 Å². The minimum Gasteiger partial charge on any atom is -0.393 e. The molecule has 0 spiro atoms. The zero-order valence-electron chi connectivity index (χ0n) is 7.82. The van der Waals surface area contributed by atoms with E-state index < -0.39 is 0 Å². The molecule has 0 saturated heterocycles. The Morgan fingerprint density at radius 3 is 2.08 bits per heavy atom. The van der Waals surface area contributed by atoms with E-state index in [9.17, 15) is 5.11 Å². The molecule has 3 nitrogen and oxygen atoms in total. The molecule has 2 unspecified atom stereocenters. The summed E-state index contributed by atoms with van der Waals surface area (Å²) in [5.74, 6) is 0.199. The molecule has 2 atom stereocenters. The van der Waals surface area contributed by atoms with E-state index in [1.54, 1.807) is 0 Å². The van der Waals surface area contributed by atoms with Gasteiger partial charge >= 0.3 is 0 Å². The normalized spacial score (nSPS) is 29.0. The third kappa shape index (κ3) is 2.19. The van der Waals surface area contributed by atoms with Gasteiger partial charge in [-0.15, -0.1) is 0 Å². The molecule has 0 heterocycles. The number of ether oxygens (including phenoxy) is 2. The van der Waals surface area contributed by atoms with Crippen molar-refractivity contribution in [3.05, 3.63) is 0 Å². The molecule has 3 heteroatoms. The lowest BCUT2D eigenvalue weighted by Crippen LogP contribution is -2.42. The number of hydrogen-bond donors (Lipinski definition) is 1. The highest BCUT2D eigenvalue weighted by atomic mass is 16.7. The van der Waals surface area contributed by atoms with Crippen molar-refractivity contribution in [2.75, 3.05) is 13.2 Å². The van der Waals surface area contributed by atoms with Crippen LogP contribution >= 0.6 is 0 Å². The fourth-order valence-electron chi connectivity index (χ4n) is 1.45. The minimum atomic E-state index is -0.215. The van der Waals surface area contributed by atoms with Crippen molar-refractivity contribution in [1.82, 2.24) is 0 Å². The van der Waals surface area contributed by atoms with Crippen molar-refractivity contribution in [3.63, 3.8) is 0 Å². The Labute approximate surface area is 73.7 Å². The van der Waals surface area contributed by atoms with Gasteiger partial charge in [0.25, 0.3) is 0 Å². The molecule has 1 aliphatic rings. The van der Waals surface area contributed by atoms with Crippen LogP contribution in [0.15, 0.2) is 0 Å². The van der Waals surface area contributed by atoms with Crippen molar-refractivity contribution < 1.29 is 14.6 Å². The Kier molecular flexibility index (Phi) is 3.98. The van der Waals surface area contributed by atoms with Crippen molar-refractivity contribution in [1.29, 1.82) is 0 Å². The SMILES string of the molecule is CCOC(OCC)C1CCC1O. The van der Waals surface area contributed by atoms with Gasteiger partial charge in [-0.05, 0) is 26.7 Å². The molecule has 0 radical (unpaired) electrons. The van der Waals surface area contributed by atoms with Crippen LogP contribution in [0.4, 0.5) is 0 Å². The van der Waals surface area contributed by atoms with E-state index in [-0.39, 0.29) is 18.3 Å². The van der Waals surface area contributed by atoms with E-state index in [0.717, 1.165) is 12.8 Å². The highest BCUT2D eigenvalue weighted by Gasteiger charge is 2.36. The highest BCUT2D eigenvalue weighted by molar-refractivity contribution is 4.82. The van der Waals surface area contributed by atoms with Crippen LogP contribution in [0.5, 0.6) is 0 Å².